The predicted octanol–water partition coefficient (Wildman–Crippen LogP) is 2.34. The fourth-order valence-electron chi connectivity index (χ4n) is 2.22. The molecule has 1 heterocycles. The maximum Gasteiger partial charge on any atom is 0.305 e. The van der Waals surface area contributed by atoms with E-state index in [2.05, 4.69) is 4.90 Å². The van der Waals surface area contributed by atoms with Crippen molar-refractivity contribution >= 4 is 5.69 Å². The number of rotatable bonds is 3. The van der Waals surface area contributed by atoms with Crippen LogP contribution < -0.4 is 0 Å². The molecular weight excluding hydrogens is 251 g/mol. The molecule has 6 heteroatoms. The Balaban J connectivity index is 2.23. The fraction of sp³-hybridized carbons (Fsp3) is 0.538. The molecule has 0 spiro atoms. The lowest BCUT2D eigenvalue weighted by atomic mass is 10.0. The molecule has 1 fully saturated rings. The smallest absolute Gasteiger partial charge is 0.305 e. The standard InChI is InChI=1S/C13H17FN2O3/c1-13(2)9-19-7-6-15(13)8-10-4-3-5-11(12(10)14)16(17)18/h3-5H,6-9H2,1-2H3. The lowest BCUT2D eigenvalue weighted by Crippen LogP contribution is -2.52. The van der Waals surface area contributed by atoms with E-state index < -0.39 is 16.4 Å². The zero-order chi connectivity index (χ0) is 14.0. The van der Waals surface area contributed by atoms with Crippen molar-refractivity contribution in [2.45, 2.75) is 25.9 Å². The molecule has 1 aromatic rings. The van der Waals surface area contributed by atoms with E-state index in [0.29, 0.717) is 31.9 Å². The van der Waals surface area contributed by atoms with E-state index in [1.165, 1.54) is 12.1 Å². The van der Waals surface area contributed by atoms with Gasteiger partial charge in [-0.2, -0.15) is 4.39 Å². The van der Waals surface area contributed by atoms with Crippen molar-refractivity contribution in [2.75, 3.05) is 19.8 Å². The van der Waals surface area contributed by atoms with Crippen molar-refractivity contribution in [1.29, 1.82) is 0 Å². The van der Waals surface area contributed by atoms with Gasteiger partial charge in [0.1, 0.15) is 0 Å². The highest BCUT2D eigenvalue weighted by Gasteiger charge is 2.31. The van der Waals surface area contributed by atoms with Gasteiger partial charge >= 0.3 is 5.69 Å². The quantitative estimate of drug-likeness (QED) is 0.623. The van der Waals surface area contributed by atoms with Crippen LogP contribution in [-0.2, 0) is 11.3 Å². The number of morpholine rings is 1. The van der Waals surface area contributed by atoms with Crippen LogP contribution in [0.25, 0.3) is 0 Å². The molecule has 1 aromatic carbocycles. The van der Waals surface area contributed by atoms with Crippen LogP contribution in [0, 0.1) is 15.9 Å². The molecular formula is C13H17FN2O3. The minimum Gasteiger partial charge on any atom is -0.378 e. The van der Waals surface area contributed by atoms with Gasteiger partial charge in [-0.15, -0.1) is 0 Å². The van der Waals surface area contributed by atoms with E-state index in [1.54, 1.807) is 6.07 Å². The number of halogens is 1. The highest BCUT2D eigenvalue weighted by atomic mass is 19.1. The molecule has 0 radical (unpaired) electrons. The van der Waals surface area contributed by atoms with Crippen molar-refractivity contribution in [2.24, 2.45) is 0 Å². The maximum atomic E-state index is 14.0. The predicted molar refractivity (Wildman–Crippen MR) is 68.4 cm³/mol. The Morgan fingerprint density at radius 1 is 1.53 bits per heavy atom. The second kappa shape index (κ2) is 5.22. The van der Waals surface area contributed by atoms with Gasteiger partial charge in [0.2, 0.25) is 5.82 Å². The second-order valence-corrected chi connectivity index (χ2v) is 5.29. The first-order valence-electron chi connectivity index (χ1n) is 6.16. The zero-order valence-corrected chi connectivity index (χ0v) is 11.1. The molecule has 0 atom stereocenters. The highest BCUT2D eigenvalue weighted by Crippen LogP contribution is 2.25. The topological polar surface area (TPSA) is 55.6 Å². The molecule has 1 aliphatic heterocycles. The Bertz CT molecular complexity index is 491. The molecule has 0 aromatic heterocycles. The van der Waals surface area contributed by atoms with E-state index >= 15 is 0 Å². The minimum absolute atomic E-state index is 0.199. The van der Waals surface area contributed by atoms with Crippen molar-refractivity contribution in [3.8, 4) is 0 Å². The number of nitrogens with zero attached hydrogens (tertiary/aromatic N) is 2. The normalized spacial score (nSPS) is 19.3. The van der Waals surface area contributed by atoms with Gasteiger partial charge in [0.25, 0.3) is 0 Å². The zero-order valence-electron chi connectivity index (χ0n) is 11.1. The van der Waals surface area contributed by atoms with Crippen LogP contribution in [0.4, 0.5) is 10.1 Å². The van der Waals surface area contributed by atoms with Crippen LogP contribution in [-0.4, -0.2) is 35.1 Å². The van der Waals surface area contributed by atoms with Crippen molar-refractivity contribution in [3.05, 3.63) is 39.7 Å². The van der Waals surface area contributed by atoms with E-state index in [4.69, 9.17) is 4.74 Å². The minimum atomic E-state index is -0.741. The SMILES string of the molecule is CC1(C)COCCN1Cc1cccc([N+](=O)[O-])c1F. The molecule has 0 bridgehead atoms. The molecule has 104 valence electrons. The van der Waals surface area contributed by atoms with Gasteiger partial charge in [-0.1, -0.05) is 12.1 Å². The summed E-state index contributed by atoms with van der Waals surface area (Å²) in [6, 6.07) is 4.29. The summed E-state index contributed by atoms with van der Waals surface area (Å²) in [5.74, 6) is -0.741. The summed E-state index contributed by atoms with van der Waals surface area (Å²) >= 11 is 0. The summed E-state index contributed by atoms with van der Waals surface area (Å²) in [7, 11) is 0. The molecule has 0 amide bonds. The average Bonchev–Trinajstić information content (AvgIpc) is 2.33. The summed E-state index contributed by atoms with van der Waals surface area (Å²) in [6.07, 6.45) is 0. The first kappa shape index (κ1) is 13.9. The molecule has 0 unspecified atom stereocenters. The highest BCUT2D eigenvalue weighted by molar-refractivity contribution is 5.36. The van der Waals surface area contributed by atoms with Crippen molar-refractivity contribution in [1.82, 2.24) is 4.90 Å². The van der Waals surface area contributed by atoms with Crippen molar-refractivity contribution in [3.63, 3.8) is 0 Å². The van der Waals surface area contributed by atoms with Crippen LogP contribution in [0.1, 0.15) is 19.4 Å². The summed E-state index contributed by atoms with van der Waals surface area (Å²) in [6.45, 7) is 6.24. The van der Waals surface area contributed by atoms with E-state index in [9.17, 15) is 14.5 Å². The number of nitro benzene ring substituents is 1. The Hall–Kier alpha value is -1.53. The number of ether oxygens (including phenoxy) is 1. The fourth-order valence-corrected chi connectivity index (χ4v) is 2.22. The summed E-state index contributed by atoms with van der Waals surface area (Å²) in [5.41, 5.74) is -0.317. The molecule has 0 aliphatic carbocycles. The van der Waals surface area contributed by atoms with Crippen LogP contribution in [0.2, 0.25) is 0 Å². The number of nitro groups is 1. The van der Waals surface area contributed by atoms with Gasteiger partial charge in [0.15, 0.2) is 0 Å². The first-order chi connectivity index (χ1) is 8.92. The third-order valence-corrected chi connectivity index (χ3v) is 3.43. The largest absolute Gasteiger partial charge is 0.378 e. The Kier molecular flexibility index (Phi) is 3.82. The van der Waals surface area contributed by atoms with Gasteiger partial charge in [-0.05, 0) is 13.8 Å². The number of hydrogen-bond donors (Lipinski definition) is 0. The summed E-state index contributed by atoms with van der Waals surface area (Å²) in [4.78, 5) is 12.1. The first-order valence-corrected chi connectivity index (χ1v) is 6.16. The van der Waals surface area contributed by atoms with Crippen LogP contribution in [0.5, 0.6) is 0 Å². The number of benzene rings is 1. The second-order valence-electron chi connectivity index (χ2n) is 5.29. The lowest BCUT2D eigenvalue weighted by molar-refractivity contribution is -0.387. The number of hydrogen-bond acceptors (Lipinski definition) is 4. The van der Waals surface area contributed by atoms with Crippen LogP contribution >= 0.6 is 0 Å². The molecule has 2 rings (SSSR count). The molecule has 0 saturated carbocycles. The van der Waals surface area contributed by atoms with Gasteiger partial charge in [0, 0.05) is 30.3 Å². The van der Waals surface area contributed by atoms with Gasteiger partial charge < -0.3 is 4.74 Å². The molecule has 1 aliphatic rings. The summed E-state index contributed by atoms with van der Waals surface area (Å²) in [5, 5.41) is 10.7. The lowest BCUT2D eigenvalue weighted by Gasteiger charge is -2.42. The van der Waals surface area contributed by atoms with Crippen molar-refractivity contribution < 1.29 is 14.1 Å². The Morgan fingerprint density at radius 2 is 2.26 bits per heavy atom. The maximum absolute atomic E-state index is 14.0. The average molecular weight is 268 g/mol. The van der Waals surface area contributed by atoms with E-state index in [-0.39, 0.29) is 5.54 Å². The molecule has 0 N–H and O–H groups in total. The van der Waals surface area contributed by atoms with Gasteiger partial charge in [-0.25, -0.2) is 0 Å². The van der Waals surface area contributed by atoms with Gasteiger partial charge in [-0.3, -0.25) is 15.0 Å². The molecule has 19 heavy (non-hydrogen) atoms. The van der Waals surface area contributed by atoms with Crippen LogP contribution in [0.15, 0.2) is 18.2 Å². The van der Waals surface area contributed by atoms with E-state index in [0.717, 1.165) is 0 Å². The third-order valence-electron chi connectivity index (χ3n) is 3.43. The third kappa shape index (κ3) is 2.90. The monoisotopic (exact) mass is 268 g/mol. The Labute approximate surface area is 111 Å². The van der Waals surface area contributed by atoms with Crippen LogP contribution in [0.3, 0.4) is 0 Å². The Morgan fingerprint density at radius 3 is 2.89 bits per heavy atom. The van der Waals surface area contributed by atoms with Gasteiger partial charge in [0.05, 0.1) is 18.1 Å². The molecule has 1 saturated heterocycles. The summed E-state index contributed by atoms with van der Waals surface area (Å²) < 4.78 is 19.4. The van der Waals surface area contributed by atoms with E-state index in [1.807, 2.05) is 13.8 Å². The molecule has 5 nitrogen and oxygen atoms in total.